The van der Waals surface area contributed by atoms with E-state index < -0.39 is 28.5 Å². The van der Waals surface area contributed by atoms with Crippen molar-refractivity contribution in [3.63, 3.8) is 0 Å². The van der Waals surface area contributed by atoms with E-state index in [1.165, 1.54) is 4.90 Å². The number of carbonyl (C=O) groups is 2. The van der Waals surface area contributed by atoms with Crippen LogP contribution in [0.2, 0.25) is 10.0 Å². The summed E-state index contributed by atoms with van der Waals surface area (Å²) in [4.78, 5) is 29.1. The summed E-state index contributed by atoms with van der Waals surface area (Å²) in [5.41, 5.74) is 1.75. The van der Waals surface area contributed by atoms with E-state index in [4.69, 9.17) is 23.2 Å². The molecule has 1 N–H and O–H groups in total. The largest absolute Gasteiger partial charge is 0.354 e. The Morgan fingerprint density at radius 3 is 2.35 bits per heavy atom. The molecule has 0 unspecified atom stereocenters. The van der Waals surface area contributed by atoms with E-state index in [9.17, 15) is 18.0 Å². The number of nitrogens with zero attached hydrogens (tertiary/aromatic N) is 2. The minimum Gasteiger partial charge on any atom is -0.354 e. The molecule has 2 amide bonds. The number of rotatable bonds is 13. The van der Waals surface area contributed by atoms with Crippen molar-refractivity contribution in [2.45, 2.75) is 38.8 Å². The Morgan fingerprint density at radius 2 is 1.73 bits per heavy atom. The Balaban J connectivity index is 2.06. The number of hydrogen-bond donors (Lipinski definition) is 1. The van der Waals surface area contributed by atoms with Crippen LogP contribution in [0.4, 0.5) is 5.69 Å². The average Bonchev–Trinajstić information content (AvgIpc) is 2.90. The highest BCUT2D eigenvalue weighted by molar-refractivity contribution is 9.10. The lowest BCUT2D eigenvalue weighted by Gasteiger charge is -2.33. The third-order valence-electron chi connectivity index (χ3n) is 6.23. The molecule has 0 radical (unpaired) electrons. The van der Waals surface area contributed by atoms with Crippen molar-refractivity contribution in [1.82, 2.24) is 10.2 Å². The lowest BCUT2D eigenvalue weighted by molar-refractivity contribution is -0.140. The van der Waals surface area contributed by atoms with Crippen molar-refractivity contribution in [2.75, 3.05) is 23.7 Å². The van der Waals surface area contributed by atoms with Gasteiger partial charge in [0.25, 0.3) is 0 Å². The fourth-order valence-corrected chi connectivity index (χ4v) is 5.84. The predicted molar refractivity (Wildman–Crippen MR) is 165 cm³/mol. The summed E-state index contributed by atoms with van der Waals surface area (Å²) in [5.74, 6) is -0.882. The highest BCUT2D eigenvalue weighted by atomic mass is 79.9. The number of sulfonamides is 1. The minimum atomic E-state index is -3.85. The summed E-state index contributed by atoms with van der Waals surface area (Å²) in [6.07, 6.45) is 2.94. The van der Waals surface area contributed by atoms with E-state index in [0.29, 0.717) is 32.3 Å². The van der Waals surface area contributed by atoms with Gasteiger partial charge in [-0.3, -0.25) is 13.9 Å². The average molecular weight is 669 g/mol. The molecule has 0 fully saturated rings. The molecule has 3 aromatic rings. The molecule has 0 heterocycles. The highest BCUT2D eigenvalue weighted by Gasteiger charge is 2.33. The molecule has 40 heavy (non-hydrogen) atoms. The number of nitrogens with one attached hydrogen (secondary N) is 1. The van der Waals surface area contributed by atoms with Crippen LogP contribution in [0.25, 0.3) is 0 Å². The second-order valence-corrected chi connectivity index (χ2v) is 13.0. The maximum atomic E-state index is 14.1. The molecule has 214 valence electrons. The van der Waals surface area contributed by atoms with Crippen LogP contribution >= 0.6 is 39.1 Å². The lowest BCUT2D eigenvalue weighted by atomic mass is 10.0. The quantitative estimate of drug-likeness (QED) is 0.224. The van der Waals surface area contributed by atoms with Crippen molar-refractivity contribution >= 4 is 66.7 Å². The summed E-state index contributed by atoms with van der Waals surface area (Å²) in [6.45, 7) is 1.95. The Kier molecular flexibility index (Phi) is 11.9. The first kappa shape index (κ1) is 31.9. The molecule has 3 aromatic carbocycles. The normalized spacial score (nSPS) is 12.0. The molecule has 11 heteroatoms. The topological polar surface area (TPSA) is 86.8 Å². The van der Waals surface area contributed by atoms with Crippen molar-refractivity contribution in [1.29, 1.82) is 0 Å². The number of halogens is 3. The second kappa shape index (κ2) is 14.9. The first-order valence-corrected chi connectivity index (χ1v) is 16.2. The van der Waals surface area contributed by atoms with Crippen molar-refractivity contribution in [3.05, 3.63) is 98.4 Å². The van der Waals surface area contributed by atoms with Gasteiger partial charge in [-0.15, -0.1) is 0 Å². The molecule has 1 atom stereocenters. The zero-order valence-corrected chi connectivity index (χ0v) is 26.2. The van der Waals surface area contributed by atoms with Gasteiger partial charge >= 0.3 is 0 Å². The van der Waals surface area contributed by atoms with Gasteiger partial charge in [0, 0.05) is 34.0 Å². The third kappa shape index (κ3) is 9.23. The SMILES string of the molecule is CCCCNC(=O)[C@@H](Cc1ccccc1)N(Cc1ccc(Cl)cc1Cl)C(=O)CN(c1cccc(Br)c1)S(C)(=O)=O. The monoisotopic (exact) mass is 667 g/mol. The number of hydrogen-bond acceptors (Lipinski definition) is 4. The van der Waals surface area contributed by atoms with E-state index in [2.05, 4.69) is 21.2 Å². The summed E-state index contributed by atoms with van der Waals surface area (Å²) in [5, 5.41) is 3.71. The molecular formula is C29H32BrCl2N3O4S. The third-order valence-corrected chi connectivity index (χ3v) is 8.45. The number of unbranched alkanes of at least 4 members (excludes halogenated alkanes) is 1. The van der Waals surface area contributed by atoms with Crippen LogP contribution in [-0.4, -0.2) is 50.5 Å². The Bertz CT molecular complexity index is 1420. The predicted octanol–water partition coefficient (Wildman–Crippen LogP) is 6.08. The van der Waals surface area contributed by atoms with E-state index >= 15 is 0 Å². The van der Waals surface area contributed by atoms with Crippen molar-refractivity contribution in [2.24, 2.45) is 0 Å². The number of benzene rings is 3. The maximum Gasteiger partial charge on any atom is 0.244 e. The van der Waals surface area contributed by atoms with E-state index in [0.717, 1.165) is 29.0 Å². The molecule has 0 aliphatic heterocycles. The van der Waals surface area contributed by atoms with Gasteiger partial charge in [-0.1, -0.05) is 94.9 Å². The first-order valence-electron chi connectivity index (χ1n) is 12.8. The van der Waals surface area contributed by atoms with E-state index in [1.54, 1.807) is 42.5 Å². The smallest absolute Gasteiger partial charge is 0.244 e. The number of anilines is 1. The number of carbonyl (C=O) groups excluding carboxylic acids is 2. The van der Waals surface area contributed by atoms with Crippen molar-refractivity contribution in [3.8, 4) is 0 Å². The van der Waals surface area contributed by atoms with Crippen LogP contribution in [0, 0.1) is 0 Å². The van der Waals surface area contributed by atoms with Gasteiger partial charge in [0.1, 0.15) is 12.6 Å². The Morgan fingerprint density at radius 1 is 1.00 bits per heavy atom. The molecule has 3 rings (SSSR count). The summed E-state index contributed by atoms with van der Waals surface area (Å²) < 4.78 is 27.4. The van der Waals surface area contributed by atoms with Crippen LogP contribution in [0.3, 0.4) is 0 Å². The van der Waals surface area contributed by atoms with Gasteiger partial charge in [0.15, 0.2) is 0 Å². The van der Waals surface area contributed by atoms with Crippen LogP contribution in [0.5, 0.6) is 0 Å². The zero-order valence-electron chi connectivity index (χ0n) is 22.3. The first-order chi connectivity index (χ1) is 19.0. The van der Waals surface area contributed by atoms with Crippen LogP contribution < -0.4 is 9.62 Å². The van der Waals surface area contributed by atoms with E-state index in [1.807, 2.05) is 37.3 Å². The number of amides is 2. The Labute approximate surface area is 254 Å². The second-order valence-electron chi connectivity index (χ2n) is 9.36. The Hall–Kier alpha value is -2.59. The van der Waals surface area contributed by atoms with Gasteiger partial charge in [0.05, 0.1) is 11.9 Å². The van der Waals surface area contributed by atoms with Crippen LogP contribution in [-0.2, 0) is 32.6 Å². The van der Waals surface area contributed by atoms with Gasteiger partial charge in [-0.2, -0.15) is 0 Å². The standard InChI is InChI=1S/C29H32BrCl2N3O4S/c1-3-4-15-33-29(37)27(16-21-9-6-5-7-10-21)34(19-22-13-14-24(31)18-26(22)32)28(36)20-35(40(2,38)39)25-12-8-11-23(30)17-25/h5-14,17-18,27H,3-4,15-16,19-20H2,1-2H3,(H,33,37)/t27-/m1/s1. The zero-order chi connectivity index (χ0) is 29.3. The lowest BCUT2D eigenvalue weighted by Crippen LogP contribution is -2.53. The maximum absolute atomic E-state index is 14.1. The molecule has 0 saturated heterocycles. The van der Waals surface area contributed by atoms with Gasteiger partial charge < -0.3 is 10.2 Å². The van der Waals surface area contributed by atoms with Crippen LogP contribution in [0.1, 0.15) is 30.9 Å². The van der Waals surface area contributed by atoms with Gasteiger partial charge in [0.2, 0.25) is 21.8 Å². The van der Waals surface area contributed by atoms with Crippen molar-refractivity contribution < 1.29 is 18.0 Å². The van der Waals surface area contributed by atoms with E-state index in [-0.39, 0.29) is 18.9 Å². The molecule has 7 nitrogen and oxygen atoms in total. The molecule has 0 aromatic heterocycles. The molecule has 0 saturated carbocycles. The van der Waals surface area contributed by atoms with Gasteiger partial charge in [-0.05, 0) is 47.9 Å². The fraction of sp³-hybridized carbons (Fsp3) is 0.310. The molecule has 0 spiro atoms. The molecule has 0 bridgehead atoms. The summed E-state index contributed by atoms with van der Waals surface area (Å²) in [7, 11) is -3.85. The van der Waals surface area contributed by atoms with Gasteiger partial charge in [-0.25, -0.2) is 8.42 Å². The van der Waals surface area contributed by atoms with Crippen LogP contribution in [0.15, 0.2) is 77.3 Å². The summed E-state index contributed by atoms with van der Waals surface area (Å²) >= 11 is 15.9. The molecule has 0 aliphatic rings. The summed E-state index contributed by atoms with van der Waals surface area (Å²) in [6, 6.07) is 20.0. The molecular weight excluding hydrogens is 637 g/mol. The molecule has 0 aliphatic carbocycles. The minimum absolute atomic E-state index is 0.0242. The fourth-order valence-electron chi connectivity index (χ4n) is 4.14. The highest BCUT2D eigenvalue weighted by Crippen LogP contribution is 2.26.